The van der Waals surface area contributed by atoms with Crippen molar-refractivity contribution >= 4 is 40.0 Å². The predicted octanol–water partition coefficient (Wildman–Crippen LogP) is 2.94. The van der Waals surface area contributed by atoms with Crippen molar-refractivity contribution in [2.45, 2.75) is 26.3 Å². The van der Waals surface area contributed by atoms with Crippen molar-refractivity contribution < 1.29 is 13.6 Å². The fourth-order valence-electron chi connectivity index (χ4n) is 3.73. The van der Waals surface area contributed by atoms with Gasteiger partial charge in [-0.3, -0.25) is 9.48 Å². The van der Waals surface area contributed by atoms with Gasteiger partial charge in [0.2, 0.25) is 0 Å². The lowest BCUT2D eigenvalue weighted by atomic mass is 10.0. The zero-order valence-corrected chi connectivity index (χ0v) is 19.4. The van der Waals surface area contributed by atoms with Crippen LogP contribution in [-0.4, -0.2) is 47.4 Å². The number of amides is 1. The summed E-state index contributed by atoms with van der Waals surface area (Å²) in [5.74, 6) is -1.29. The molecule has 0 saturated carbocycles. The number of anilines is 4. The highest BCUT2D eigenvalue weighted by atomic mass is 19.1. The second-order valence-corrected chi connectivity index (χ2v) is 8.61. The van der Waals surface area contributed by atoms with E-state index >= 15 is 0 Å². The van der Waals surface area contributed by atoms with Gasteiger partial charge in [-0.2, -0.15) is 5.10 Å². The van der Waals surface area contributed by atoms with E-state index in [0.29, 0.717) is 34.7 Å². The molecule has 2 aromatic heterocycles. The van der Waals surface area contributed by atoms with E-state index in [-0.39, 0.29) is 29.8 Å². The molecule has 1 aromatic carbocycles. The zero-order chi connectivity index (χ0) is 24.4. The second kappa shape index (κ2) is 9.57. The predicted molar refractivity (Wildman–Crippen MR) is 127 cm³/mol. The lowest BCUT2D eigenvalue weighted by Crippen LogP contribution is -2.31. The first-order chi connectivity index (χ1) is 15.5. The summed E-state index contributed by atoms with van der Waals surface area (Å²) < 4.78 is 31.1. The number of benzene rings is 1. The minimum atomic E-state index is -0.870. The van der Waals surface area contributed by atoms with Crippen LogP contribution in [0.5, 0.6) is 0 Å². The SMILES string of the molecule is CC(C)C[C@H](CN)Nc1nc(Nc2cc(F)c3c(c2)c(N(C)C)nn3C)c(C(N)=O)cc1F. The van der Waals surface area contributed by atoms with E-state index < -0.39 is 17.5 Å². The summed E-state index contributed by atoms with van der Waals surface area (Å²) in [6.45, 7) is 4.33. The number of carbonyl (C=O) groups excluding carboxylic acids is 1. The lowest BCUT2D eigenvalue weighted by Gasteiger charge is -2.21. The summed E-state index contributed by atoms with van der Waals surface area (Å²) in [4.78, 5) is 18.0. The first kappa shape index (κ1) is 24.2. The molecule has 178 valence electrons. The number of pyridine rings is 1. The topological polar surface area (TPSA) is 127 Å². The molecule has 0 aliphatic heterocycles. The monoisotopic (exact) mass is 460 g/mol. The number of nitrogens with one attached hydrogen (secondary N) is 2. The van der Waals surface area contributed by atoms with Crippen LogP contribution in [0.1, 0.15) is 30.6 Å². The Balaban J connectivity index is 2.05. The van der Waals surface area contributed by atoms with Gasteiger partial charge in [0.15, 0.2) is 23.3 Å². The Morgan fingerprint density at radius 1 is 1.18 bits per heavy atom. The molecule has 2 heterocycles. The number of fused-ring (bicyclic) bond motifs is 1. The summed E-state index contributed by atoms with van der Waals surface area (Å²) in [7, 11) is 5.26. The van der Waals surface area contributed by atoms with Crippen LogP contribution in [0.15, 0.2) is 18.2 Å². The van der Waals surface area contributed by atoms with Gasteiger partial charge in [0.25, 0.3) is 5.91 Å². The minimum absolute atomic E-state index is 0.000705. The molecule has 33 heavy (non-hydrogen) atoms. The number of hydrogen-bond donors (Lipinski definition) is 4. The number of aryl methyl sites for hydroxylation is 1. The number of nitrogens with zero attached hydrogens (tertiary/aromatic N) is 4. The Hall–Kier alpha value is -3.47. The first-order valence-electron chi connectivity index (χ1n) is 10.6. The van der Waals surface area contributed by atoms with Crippen LogP contribution in [0.25, 0.3) is 10.9 Å². The molecule has 11 heteroatoms. The van der Waals surface area contributed by atoms with Gasteiger partial charge in [-0.05, 0) is 30.5 Å². The maximum atomic E-state index is 14.9. The fourth-order valence-corrected chi connectivity index (χ4v) is 3.73. The van der Waals surface area contributed by atoms with Crippen molar-refractivity contribution in [1.29, 1.82) is 0 Å². The lowest BCUT2D eigenvalue weighted by molar-refractivity contribution is 0.100. The maximum absolute atomic E-state index is 14.9. The van der Waals surface area contributed by atoms with Gasteiger partial charge < -0.3 is 27.0 Å². The van der Waals surface area contributed by atoms with E-state index in [1.54, 1.807) is 32.1 Å². The summed E-state index contributed by atoms with van der Waals surface area (Å²) >= 11 is 0. The molecule has 6 N–H and O–H groups in total. The standard InChI is InChI=1S/C22H30F2N8O/c1-11(2)6-13(10-25)28-21-17(24)9-15(19(26)33)20(29-21)27-12-7-14-18(16(23)8-12)32(5)30-22(14)31(3)4/h7-9,11,13H,6,10,25H2,1-5H3,(H2,26,33)(H2,27,28,29)/t13-/m1/s1. The van der Waals surface area contributed by atoms with Gasteiger partial charge in [-0.1, -0.05) is 13.8 Å². The molecule has 0 aliphatic rings. The van der Waals surface area contributed by atoms with Crippen molar-refractivity contribution in [3.8, 4) is 0 Å². The molecule has 0 spiro atoms. The summed E-state index contributed by atoms with van der Waals surface area (Å²) in [6.07, 6.45) is 0.703. The number of hydrogen-bond acceptors (Lipinski definition) is 7. The Morgan fingerprint density at radius 2 is 1.88 bits per heavy atom. The van der Waals surface area contributed by atoms with Gasteiger partial charge in [-0.15, -0.1) is 0 Å². The Labute approximate surface area is 191 Å². The molecule has 0 fully saturated rings. The van der Waals surface area contributed by atoms with Gasteiger partial charge in [0.1, 0.15) is 11.3 Å². The maximum Gasteiger partial charge on any atom is 0.252 e. The molecule has 1 amide bonds. The number of rotatable bonds is 9. The highest BCUT2D eigenvalue weighted by Gasteiger charge is 2.20. The van der Waals surface area contributed by atoms with Gasteiger partial charge in [0.05, 0.1) is 5.56 Å². The van der Waals surface area contributed by atoms with E-state index in [0.717, 1.165) is 6.07 Å². The van der Waals surface area contributed by atoms with E-state index in [9.17, 15) is 13.6 Å². The molecule has 9 nitrogen and oxygen atoms in total. The number of primary amides is 1. The van der Waals surface area contributed by atoms with E-state index in [2.05, 4.69) is 20.7 Å². The molecular formula is C22H30F2N8O. The number of halogens is 2. The quantitative estimate of drug-likeness (QED) is 0.387. The van der Waals surface area contributed by atoms with Crippen molar-refractivity contribution in [2.75, 3.05) is 36.2 Å². The van der Waals surface area contributed by atoms with Crippen LogP contribution < -0.4 is 27.0 Å². The van der Waals surface area contributed by atoms with Crippen LogP contribution in [0.2, 0.25) is 0 Å². The smallest absolute Gasteiger partial charge is 0.252 e. The fraction of sp³-hybridized carbons (Fsp3) is 0.409. The van der Waals surface area contributed by atoms with E-state index in [1.165, 1.54) is 10.7 Å². The third-order valence-electron chi connectivity index (χ3n) is 5.18. The van der Waals surface area contributed by atoms with Crippen molar-refractivity contribution in [3.05, 3.63) is 35.4 Å². The number of aromatic nitrogens is 3. The molecule has 0 saturated heterocycles. The second-order valence-electron chi connectivity index (χ2n) is 8.61. The highest BCUT2D eigenvalue weighted by Crippen LogP contribution is 2.32. The van der Waals surface area contributed by atoms with Crippen LogP contribution in [-0.2, 0) is 7.05 Å². The first-order valence-corrected chi connectivity index (χ1v) is 10.6. The Kier molecular flexibility index (Phi) is 7.01. The normalized spacial score (nSPS) is 12.3. The average Bonchev–Trinajstić information content (AvgIpc) is 3.06. The zero-order valence-electron chi connectivity index (χ0n) is 19.4. The molecule has 3 rings (SSSR count). The van der Waals surface area contributed by atoms with Crippen LogP contribution in [0.3, 0.4) is 0 Å². The number of carbonyl (C=O) groups is 1. The van der Waals surface area contributed by atoms with Crippen LogP contribution in [0.4, 0.5) is 31.9 Å². The Morgan fingerprint density at radius 3 is 2.45 bits per heavy atom. The average molecular weight is 461 g/mol. The van der Waals surface area contributed by atoms with Gasteiger partial charge in [-0.25, -0.2) is 13.8 Å². The van der Waals surface area contributed by atoms with Crippen molar-refractivity contribution in [2.24, 2.45) is 24.4 Å². The van der Waals surface area contributed by atoms with Crippen LogP contribution in [0, 0.1) is 17.6 Å². The third kappa shape index (κ3) is 5.14. The molecule has 0 aliphatic carbocycles. The largest absolute Gasteiger partial charge is 0.365 e. The van der Waals surface area contributed by atoms with Crippen LogP contribution >= 0.6 is 0 Å². The molecule has 0 radical (unpaired) electrons. The summed E-state index contributed by atoms with van der Waals surface area (Å²) in [5.41, 5.74) is 11.7. The minimum Gasteiger partial charge on any atom is -0.365 e. The molecular weight excluding hydrogens is 430 g/mol. The van der Waals surface area contributed by atoms with Gasteiger partial charge >= 0.3 is 0 Å². The highest BCUT2D eigenvalue weighted by molar-refractivity contribution is 5.99. The van der Waals surface area contributed by atoms with Crippen molar-refractivity contribution in [1.82, 2.24) is 14.8 Å². The molecule has 1 atom stereocenters. The molecule has 3 aromatic rings. The molecule has 0 unspecified atom stereocenters. The Bertz CT molecular complexity index is 1180. The van der Waals surface area contributed by atoms with E-state index in [1.807, 2.05) is 13.8 Å². The molecule has 0 bridgehead atoms. The van der Waals surface area contributed by atoms with Gasteiger partial charge in [0, 0.05) is 44.8 Å². The summed E-state index contributed by atoms with van der Waals surface area (Å²) in [6, 6.07) is 3.73. The number of nitrogens with two attached hydrogens (primary N) is 2. The van der Waals surface area contributed by atoms with E-state index in [4.69, 9.17) is 11.5 Å². The third-order valence-corrected chi connectivity index (χ3v) is 5.18. The summed E-state index contributed by atoms with van der Waals surface area (Å²) in [5, 5.41) is 10.8. The van der Waals surface area contributed by atoms with Crippen molar-refractivity contribution in [3.63, 3.8) is 0 Å².